The number of ether oxygens (including phenoxy) is 1. The lowest BCUT2D eigenvalue weighted by molar-refractivity contribution is -0.114. The van der Waals surface area contributed by atoms with E-state index in [4.69, 9.17) is 4.74 Å². The quantitative estimate of drug-likeness (QED) is 0.468. The van der Waals surface area contributed by atoms with Gasteiger partial charge < -0.3 is 9.64 Å². The molecular weight excluding hydrogens is 464 g/mol. The van der Waals surface area contributed by atoms with E-state index < -0.39 is 21.7 Å². The lowest BCUT2D eigenvalue weighted by atomic mass is 10.1. The third kappa shape index (κ3) is 4.47. The second-order valence-corrected chi connectivity index (χ2v) is 10.8. The van der Waals surface area contributed by atoms with E-state index in [0.29, 0.717) is 24.4 Å². The number of hydrogen-bond donors (Lipinski definition) is 0. The number of ketones is 1. The number of para-hydroxylation sites is 1. The molecule has 3 aromatic carbocycles. The fourth-order valence-corrected chi connectivity index (χ4v) is 6.32. The molecule has 8 heteroatoms. The number of anilines is 1. The maximum absolute atomic E-state index is 13.5. The summed E-state index contributed by atoms with van der Waals surface area (Å²) in [7, 11) is -3.86. The maximum atomic E-state index is 13.5. The van der Waals surface area contributed by atoms with Crippen molar-refractivity contribution in [3.63, 3.8) is 0 Å². The molecule has 0 N–H and O–H groups in total. The van der Waals surface area contributed by atoms with Crippen molar-refractivity contribution in [2.75, 3.05) is 18.1 Å². The highest BCUT2D eigenvalue weighted by Crippen LogP contribution is 2.34. The number of Topliss-reactive ketones (excluding diaryl/α,β-unsaturated/α-hetero) is 1. The maximum Gasteiger partial charge on any atom is 0.299 e. The Morgan fingerprint density at radius 3 is 2.46 bits per heavy atom. The van der Waals surface area contributed by atoms with Crippen LogP contribution in [-0.4, -0.2) is 43.6 Å². The van der Waals surface area contributed by atoms with Crippen LogP contribution in [0, 0.1) is 6.92 Å². The Kier molecular flexibility index (Phi) is 6.17. The lowest BCUT2D eigenvalue weighted by Crippen LogP contribution is -2.39. The summed E-state index contributed by atoms with van der Waals surface area (Å²) in [4.78, 5) is 26.9. The number of aryl methyl sites for hydroxylation is 1. The Morgan fingerprint density at radius 2 is 1.71 bits per heavy atom. The first-order valence-electron chi connectivity index (χ1n) is 11.6. The number of nitrogens with zero attached hydrogens (tertiary/aromatic N) is 2. The summed E-state index contributed by atoms with van der Waals surface area (Å²) in [5, 5.41) is 0. The summed E-state index contributed by atoms with van der Waals surface area (Å²) in [5.74, 6) is -0.646. The number of rotatable bonds is 7. The molecular formula is C27H26N2O5S. The molecule has 0 saturated carbocycles. The van der Waals surface area contributed by atoms with Gasteiger partial charge in [-0.05, 0) is 55.7 Å². The monoisotopic (exact) mass is 490 g/mol. The van der Waals surface area contributed by atoms with Crippen LogP contribution < -0.4 is 9.64 Å². The van der Waals surface area contributed by atoms with Gasteiger partial charge in [-0.15, -0.1) is 0 Å². The minimum absolute atomic E-state index is 0.0150. The molecule has 3 aromatic rings. The SMILES string of the molecule is Cc1ccc(CN2C(=O)C(=O)c3cc(S(=O)(=O)N4CCC[C@H]4COc4ccccc4)ccc32)cc1. The Balaban J connectivity index is 1.38. The van der Waals surface area contributed by atoms with Gasteiger partial charge in [0.15, 0.2) is 0 Å². The molecule has 0 spiro atoms. The van der Waals surface area contributed by atoms with E-state index in [1.165, 1.54) is 21.3 Å². The topological polar surface area (TPSA) is 84.0 Å². The number of hydrogen-bond acceptors (Lipinski definition) is 5. The Morgan fingerprint density at radius 1 is 0.971 bits per heavy atom. The predicted molar refractivity (Wildman–Crippen MR) is 132 cm³/mol. The highest BCUT2D eigenvalue weighted by molar-refractivity contribution is 7.89. The minimum atomic E-state index is -3.86. The van der Waals surface area contributed by atoms with Gasteiger partial charge in [0.05, 0.1) is 28.7 Å². The third-order valence-electron chi connectivity index (χ3n) is 6.52. The van der Waals surface area contributed by atoms with Crippen LogP contribution in [0.4, 0.5) is 5.69 Å². The molecule has 0 unspecified atom stereocenters. The van der Waals surface area contributed by atoms with Crippen LogP contribution in [0.3, 0.4) is 0 Å². The van der Waals surface area contributed by atoms with E-state index in [9.17, 15) is 18.0 Å². The number of carbonyl (C=O) groups excluding carboxylic acids is 2. The van der Waals surface area contributed by atoms with Crippen LogP contribution in [0.15, 0.2) is 77.7 Å². The van der Waals surface area contributed by atoms with Crippen molar-refractivity contribution < 1.29 is 22.7 Å². The average molecular weight is 491 g/mol. The van der Waals surface area contributed by atoms with Crippen molar-refractivity contribution in [2.45, 2.75) is 37.2 Å². The van der Waals surface area contributed by atoms with Crippen LogP contribution in [-0.2, 0) is 21.4 Å². The van der Waals surface area contributed by atoms with Gasteiger partial charge in [-0.1, -0.05) is 48.0 Å². The molecule has 2 aliphatic rings. The second-order valence-electron chi connectivity index (χ2n) is 8.92. The summed E-state index contributed by atoms with van der Waals surface area (Å²) in [5.41, 5.74) is 2.55. The van der Waals surface area contributed by atoms with E-state index in [-0.39, 0.29) is 29.7 Å². The summed E-state index contributed by atoms with van der Waals surface area (Å²) in [6, 6.07) is 21.1. The van der Waals surface area contributed by atoms with Gasteiger partial charge in [0, 0.05) is 6.54 Å². The van der Waals surface area contributed by atoms with Gasteiger partial charge in [0.2, 0.25) is 10.0 Å². The zero-order valence-corrected chi connectivity index (χ0v) is 20.2. The Labute approximate surface area is 205 Å². The van der Waals surface area contributed by atoms with Crippen molar-refractivity contribution in [2.24, 2.45) is 0 Å². The van der Waals surface area contributed by atoms with Crippen molar-refractivity contribution >= 4 is 27.4 Å². The molecule has 35 heavy (non-hydrogen) atoms. The normalized spacial score (nSPS) is 18.2. The van der Waals surface area contributed by atoms with Gasteiger partial charge in [-0.2, -0.15) is 4.31 Å². The first-order valence-corrected chi connectivity index (χ1v) is 13.0. The third-order valence-corrected chi connectivity index (χ3v) is 8.47. The van der Waals surface area contributed by atoms with Crippen molar-refractivity contribution in [3.05, 3.63) is 89.5 Å². The van der Waals surface area contributed by atoms with E-state index in [1.54, 1.807) is 6.07 Å². The van der Waals surface area contributed by atoms with Gasteiger partial charge in [0.25, 0.3) is 11.7 Å². The van der Waals surface area contributed by atoms with Crippen LogP contribution in [0.2, 0.25) is 0 Å². The standard InChI is InChI=1S/C27H26N2O5S/c1-19-9-11-20(12-10-19)17-28-25-14-13-23(16-24(25)26(30)27(28)31)35(32,33)29-15-5-6-21(29)18-34-22-7-3-2-4-8-22/h2-4,7-14,16,21H,5-6,15,17-18H2,1H3/t21-/m0/s1. The van der Waals surface area contributed by atoms with Gasteiger partial charge >= 0.3 is 0 Å². The summed E-state index contributed by atoms with van der Waals surface area (Å²) in [6.07, 6.45) is 1.42. The molecule has 1 saturated heterocycles. The number of amides is 1. The molecule has 0 aromatic heterocycles. The molecule has 1 atom stereocenters. The predicted octanol–water partition coefficient (Wildman–Crippen LogP) is 3.96. The summed E-state index contributed by atoms with van der Waals surface area (Å²) >= 11 is 0. The zero-order valence-electron chi connectivity index (χ0n) is 19.4. The first-order chi connectivity index (χ1) is 16.8. The number of carbonyl (C=O) groups is 2. The van der Waals surface area contributed by atoms with Crippen molar-refractivity contribution in [1.82, 2.24) is 4.31 Å². The lowest BCUT2D eigenvalue weighted by Gasteiger charge is -2.24. The minimum Gasteiger partial charge on any atom is -0.492 e. The molecule has 5 rings (SSSR count). The average Bonchev–Trinajstić information content (AvgIpc) is 3.44. The zero-order chi connectivity index (χ0) is 24.6. The van der Waals surface area contributed by atoms with E-state index in [0.717, 1.165) is 17.5 Å². The fourth-order valence-electron chi connectivity index (χ4n) is 4.61. The Hall–Kier alpha value is -3.49. The molecule has 0 bridgehead atoms. The van der Waals surface area contributed by atoms with E-state index >= 15 is 0 Å². The molecule has 7 nitrogen and oxygen atoms in total. The van der Waals surface area contributed by atoms with Crippen LogP contribution in [0.25, 0.3) is 0 Å². The molecule has 2 aliphatic heterocycles. The van der Waals surface area contributed by atoms with Crippen molar-refractivity contribution in [1.29, 1.82) is 0 Å². The molecule has 0 aliphatic carbocycles. The number of benzene rings is 3. The van der Waals surface area contributed by atoms with Crippen LogP contribution >= 0.6 is 0 Å². The van der Waals surface area contributed by atoms with Gasteiger partial charge in [0.1, 0.15) is 12.4 Å². The number of fused-ring (bicyclic) bond motifs is 1. The van der Waals surface area contributed by atoms with E-state index in [2.05, 4.69) is 0 Å². The highest BCUT2D eigenvalue weighted by atomic mass is 32.2. The second kappa shape index (κ2) is 9.28. The largest absolute Gasteiger partial charge is 0.492 e. The van der Waals surface area contributed by atoms with E-state index in [1.807, 2.05) is 61.5 Å². The fraction of sp³-hybridized carbons (Fsp3) is 0.259. The van der Waals surface area contributed by atoms with Crippen LogP contribution in [0.5, 0.6) is 5.75 Å². The van der Waals surface area contributed by atoms with Gasteiger partial charge in [-0.3, -0.25) is 9.59 Å². The molecule has 180 valence electrons. The molecule has 1 amide bonds. The molecule has 0 radical (unpaired) electrons. The van der Waals surface area contributed by atoms with Crippen LogP contribution in [0.1, 0.15) is 34.3 Å². The van der Waals surface area contributed by atoms with Crippen molar-refractivity contribution in [3.8, 4) is 5.75 Å². The summed E-state index contributed by atoms with van der Waals surface area (Å²) in [6.45, 7) is 2.85. The first kappa shape index (κ1) is 23.3. The Bertz CT molecular complexity index is 1370. The number of sulfonamides is 1. The smallest absolute Gasteiger partial charge is 0.299 e. The highest BCUT2D eigenvalue weighted by Gasteiger charge is 2.40. The van der Waals surface area contributed by atoms with Gasteiger partial charge in [-0.25, -0.2) is 8.42 Å². The molecule has 1 fully saturated rings. The summed E-state index contributed by atoms with van der Waals surface area (Å²) < 4.78 is 34.3. The molecule has 2 heterocycles.